The van der Waals surface area contributed by atoms with Crippen LogP contribution in [0.4, 0.5) is 10.1 Å². The molecule has 0 spiro atoms. The second-order valence-corrected chi connectivity index (χ2v) is 9.85. The molecule has 1 heterocycles. The molecular weight excluding hydrogens is 433 g/mol. The van der Waals surface area contributed by atoms with Crippen molar-refractivity contribution < 1.29 is 24.1 Å². The zero-order chi connectivity index (χ0) is 24.5. The van der Waals surface area contributed by atoms with Crippen LogP contribution < -0.4 is 5.32 Å². The predicted molar refractivity (Wildman–Crippen MR) is 130 cm³/mol. The van der Waals surface area contributed by atoms with Gasteiger partial charge >= 0.3 is 5.97 Å². The normalized spacial score (nSPS) is 14.9. The molecule has 4 rings (SSSR count). The van der Waals surface area contributed by atoms with E-state index in [0.29, 0.717) is 17.5 Å². The molecule has 0 bridgehead atoms. The van der Waals surface area contributed by atoms with Crippen LogP contribution >= 0.6 is 0 Å². The molecule has 5 nitrogen and oxygen atoms in total. The van der Waals surface area contributed by atoms with Gasteiger partial charge in [0.15, 0.2) is 0 Å². The molecule has 1 aliphatic rings. The lowest BCUT2D eigenvalue weighted by Gasteiger charge is -2.38. The van der Waals surface area contributed by atoms with Crippen LogP contribution in [0.1, 0.15) is 52.9 Å². The molecule has 3 aromatic carbocycles. The van der Waals surface area contributed by atoms with Crippen molar-refractivity contribution in [3.8, 4) is 5.75 Å². The number of hydrogen-bond acceptors (Lipinski definition) is 5. The quantitative estimate of drug-likeness (QED) is 0.397. The van der Waals surface area contributed by atoms with E-state index in [1.807, 2.05) is 51.1 Å². The predicted octanol–water partition coefficient (Wildman–Crippen LogP) is 5.26. The molecule has 3 aromatic rings. The van der Waals surface area contributed by atoms with Crippen LogP contribution in [0.15, 0.2) is 60.7 Å². The number of phenolic OH excluding ortho intramolecular Hbond substituents is 1. The second-order valence-electron chi connectivity index (χ2n) is 9.85. The number of esters is 1. The number of aryl methyl sites for hydroxylation is 1. The number of carbonyl (C=O) groups is 1. The zero-order valence-electron chi connectivity index (χ0n) is 19.7. The summed E-state index contributed by atoms with van der Waals surface area (Å²) in [5, 5.41) is 25.7. The number of carbonyl (C=O) groups excluding carboxylic acids is 1. The van der Waals surface area contributed by atoms with E-state index in [-0.39, 0.29) is 31.3 Å². The van der Waals surface area contributed by atoms with Gasteiger partial charge in [0.05, 0.1) is 11.2 Å². The highest BCUT2D eigenvalue weighted by molar-refractivity contribution is 5.93. The molecule has 0 radical (unpaired) electrons. The van der Waals surface area contributed by atoms with Crippen LogP contribution in [-0.2, 0) is 23.2 Å². The lowest BCUT2D eigenvalue weighted by molar-refractivity contribution is 0.0252. The van der Waals surface area contributed by atoms with E-state index in [1.54, 1.807) is 12.1 Å². The summed E-state index contributed by atoms with van der Waals surface area (Å²) in [5.74, 6) is -0.758. The van der Waals surface area contributed by atoms with Gasteiger partial charge < -0.3 is 20.3 Å². The zero-order valence-corrected chi connectivity index (χ0v) is 19.7. The fourth-order valence-corrected chi connectivity index (χ4v) is 4.83. The highest BCUT2D eigenvalue weighted by Crippen LogP contribution is 2.39. The van der Waals surface area contributed by atoms with Crippen LogP contribution in [0.3, 0.4) is 0 Å². The Hall–Kier alpha value is -3.38. The minimum absolute atomic E-state index is 0.000824. The highest BCUT2D eigenvalue weighted by Gasteiger charge is 2.37. The Morgan fingerprint density at radius 2 is 1.85 bits per heavy atom. The van der Waals surface area contributed by atoms with Gasteiger partial charge in [0.2, 0.25) is 0 Å². The first-order valence-electron chi connectivity index (χ1n) is 11.4. The molecule has 3 N–H and O–H groups in total. The van der Waals surface area contributed by atoms with Gasteiger partial charge in [0.25, 0.3) is 0 Å². The molecule has 6 heteroatoms. The maximum Gasteiger partial charge on any atom is 0.338 e. The number of ether oxygens (including phenoxy) is 1. The Morgan fingerprint density at radius 3 is 2.62 bits per heavy atom. The minimum atomic E-state index is -1.22. The van der Waals surface area contributed by atoms with Gasteiger partial charge in [0.1, 0.15) is 18.2 Å². The summed E-state index contributed by atoms with van der Waals surface area (Å²) >= 11 is 0. The van der Waals surface area contributed by atoms with E-state index in [4.69, 9.17) is 4.74 Å². The van der Waals surface area contributed by atoms with E-state index in [0.717, 1.165) is 22.4 Å². The number of benzene rings is 3. The van der Waals surface area contributed by atoms with Crippen LogP contribution in [0.2, 0.25) is 0 Å². The van der Waals surface area contributed by atoms with E-state index in [2.05, 4.69) is 5.32 Å². The third kappa shape index (κ3) is 5.07. The number of fused-ring (bicyclic) bond motifs is 1. The molecule has 0 aliphatic carbocycles. The van der Waals surface area contributed by atoms with Crippen LogP contribution in [0.25, 0.3) is 0 Å². The van der Waals surface area contributed by atoms with Crippen molar-refractivity contribution in [3.63, 3.8) is 0 Å². The van der Waals surface area contributed by atoms with E-state index < -0.39 is 16.8 Å². The third-order valence-corrected chi connectivity index (χ3v) is 6.54. The monoisotopic (exact) mass is 463 g/mol. The van der Waals surface area contributed by atoms with Gasteiger partial charge in [-0.25, -0.2) is 9.18 Å². The standard InChI is InChI=1S/C28H30FNO4/c1-18-6-4-5-7-19(18)14-28(33,16-27(2,3)24-13-21(29)8-11-25(24)31)17-30-22-9-10-23-20(12-22)15-34-26(23)32/h4-13,30-31,33H,14-17H2,1-3H3. The molecule has 1 aliphatic heterocycles. The van der Waals surface area contributed by atoms with Crippen molar-refractivity contribution >= 4 is 11.7 Å². The first-order chi connectivity index (χ1) is 16.1. The van der Waals surface area contributed by atoms with Crippen molar-refractivity contribution in [2.75, 3.05) is 11.9 Å². The lowest BCUT2D eigenvalue weighted by Crippen LogP contribution is -2.44. The number of cyclic esters (lactones) is 1. The van der Waals surface area contributed by atoms with E-state index in [9.17, 15) is 19.4 Å². The SMILES string of the molecule is Cc1ccccc1CC(O)(CNc1ccc2c(c1)COC2=O)CC(C)(C)c1cc(F)ccc1O. The molecular formula is C28H30FNO4. The molecule has 34 heavy (non-hydrogen) atoms. The Morgan fingerprint density at radius 1 is 1.09 bits per heavy atom. The summed E-state index contributed by atoms with van der Waals surface area (Å²) in [4.78, 5) is 11.7. The van der Waals surface area contributed by atoms with E-state index in [1.165, 1.54) is 18.2 Å². The van der Waals surface area contributed by atoms with E-state index >= 15 is 0 Å². The Labute approximate surface area is 199 Å². The summed E-state index contributed by atoms with van der Waals surface area (Å²) in [6, 6.07) is 17.2. The number of phenols is 1. The smallest absolute Gasteiger partial charge is 0.338 e. The number of nitrogens with one attached hydrogen (secondary N) is 1. The molecule has 0 saturated carbocycles. The van der Waals surface area contributed by atoms with Crippen molar-refractivity contribution in [1.29, 1.82) is 0 Å². The Bertz CT molecular complexity index is 1220. The topological polar surface area (TPSA) is 78.8 Å². The third-order valence-electron chi connectivity index (χ3n) is 6.54. The molecule has 0 saturated heterocycles. The maximum atomic E-state index is 14.0. The first-order valence-corrected chi connectivity index (χ1v) is 11.4. The summed E-state index contributed by atoms with van der Waals surface area (Å²) < 4.78 is 19.1. The highest BCUT2D eigenvalue weighted by atomic mass is 19.1. The maximum absolute atomic E-state index is 14.0. The number of aromatic hydroxyl groups is 1. The fourth-order valence-electron chi connectivity index (χ4n) is 4.83. The van der Waals surface area contributed by atoms with Crippen LogP contribution in [-0.4, -0.2) is 28.3 Å². The molecule has 0 amide bonds. The number of rotatable bonds is 8. The van der Waals surface area contributed by atoms with Gasteiger partial charge in [-0.2, -0.15) is 0 Å². The summed E-state index contributed by atoms with van der Waals surface area (Å²) in [7, 11) is 0. The average molecular weight is 464 g/mol. The van der Waals surface area contributed by atoms with Gasteiger partial charge in [-0.3, -0.25) is 0 Å². The van der Waals surface area contributed by atoms with Crippen molar-refractivity contribution in [2.24, 2.45) is 0 Å². The minimum Gasteiger partial charge on any atom is -0.508 e. The second kappa shape index (κ2) is 9.11. The summed E-state index contributed by atoms with van der Waals surface area (Å²) in [5.41, 5.74) is 2.73. The van der Waals surface area contributed by atoms with Gasteiger partial charge in [-0.15, -0.1) is 0 Å². The lowest BCUT2D eigenvalue weighted by atomic mass is 9.72. The Balaban J connectivity index is 1.62. The number of hydrogen-bond donors (Lipinski definition) is 3. The van der Waals surface area contributed by atoms with Gasteiger partial charge in [-0.05, 0) is 66.3 Å². The molecule has 0 aromatic heterocycles. The molecule has 0 fully saturated rings. The largest absolute Gasteiger partial charge is 0.508 e. The summed E-state index contributed by atoms with van der Waals surface area (Å²) in [6.45, 7) is 6.24. The fraction of sp³-hybridized carbons (Fsp3) is 0.321. The van der Waals surface area contributed by atoms with Crippen LogP contribution in [0, 0.1) is 12.7 Å². The number of aliphatic hydroxyl groups is 1. The number of halogens is 1. The molecule has 1 unspecified atom stereocenters. The van der Waals surface area contributed by atoms with Crippen LogP contribution in [0.5, 0.6) is 5.75 Å². The van der Waals surface area contributed by atoms with Crippen molar-refractivity contribution in [1.82, 2.24) is 0 Å². The van der Waals surface area contributed by atoms with Crippen molar-refractivity contribution in [3.05, 3.63) is 94.3 Å². The first kappa shape index (κ1) is 23.8. The summed E-state index contributed by atoms with van der Waals surface area (Å²) in [6.07, 6.45) is 0.642. The van der Waals surface area contributed by atoms with Gasteiger partial charge in [0, 0.05) is 29.8 Å². The number of anilines is 1. The van der Waals surface area contributed by atoms with Gasteiger partial charge in [-0.1, -0.05) is 38.1 Å². The average Bonchev–Trinajstić information content (AvgIpc) is 3.15. The Kier molecular flexibility index (Phi) is 6.36. The molecule has 178 valence electrons. The van der Waals surface area contributed by atoms with Crippen molar-refractivity contribution in [2.45, 2.75) is 51.2 Å². The molecule has 1 atom stereocenters.